The molecule has 0 aliphatic carbocycles. The average molecular weight is 520 g/mol. The fourth-order valence-electron chi connectivity index (χ4n) is 4.68. The fraction of sp³-hybridized carbons (Fsp3) is 0.300. The van der Waals surface area contributed by atoms with Crippen LogP contribution in [0.4, 0.5) is 14.5 Å². The third-order valence-corrected chi connectivity index (χ3v) is 6.70. The molecule has 0 radical (unpaired) electrons. The number of hydrogen-bond donors (Lipinski definition) is 2. The van der Waals surface area contributed by atoms with Gasteiger partial charge < -0.3 is 15.3 Å². The van der Waals surface area contributed by atoms with E-state index in [0.29, 0.717) is 24.2 Å². The van der Waals surface area contributed by atoms with Gasteiger partial charge in [-0.05, 0) is 36.6 Å². The molecule has 6 nitrogen and oxygen atoms in total. The van der Waals surface area contributed by atoms with E-state index in [4.69, 9.17) is 0 Å². The Morgan fingerprint density at radius 2 is 1.71 bits per heavy atom. The van der Waals surface area contributed by atoms with Crippen LogP contribution in [0.2, 0.25) is 0 Å². The molecule has 3 aromatic rings. The number of benzene rings is 3. The van der Waals surface area contributed by atoms with E-state index in [1.54, 1.807) is 7.05 Å². The van der Waals surface area contributed by atoms with Gasteiger partial charge in [-0.2, -0.15) is 0 Å². The van der Waals surface area contributed by atoms with Crippen LogP contribution in [0, 0.1) is 17.6 Å². The summed E-state index contributed by atoms with van der Waals surface area (Å²) in [5.41, 5.74) is 2.94. The lowest BCUT2D eigenvalue weighted by Crippen LogP contribution is -2.50. The molecule has 198 valence electrons. The summed E-state index contributed by atoms with van der Waals surface area (Å²) in [4.78, 5) is 33.2. The Kier molecular flexibility index (Phi) is 8.63. The first-order chi connectivity index (χ1) is 18.3. The third kappa shape index (κ3) is 6.14. The van der Waals surface area contributed by atoms with E-state index < -0.39 is 41.6 Å². The monoisotopic (exact) mass is 519 g/mol. The lowest BCUT2D eigenvalue weighted by molar-refractivity contribution is -0.132. The van der Waals surface area contributed by atoms with Crippen molar-refractivity contribution < 1.29 is 23.5 Å². The molecule has 2 amide bonds. The standard InChI is InChI=1S/C30H31F2N3O3/c1-3-4-14-26(36)24(17-19-15-21(31)18-22(32)16-19)29(37)34-28-30(38)35(2)25-13-9-8-12-23(25)27(33-28)20-10-6-5-7-11-20/h5-13,15-16,18,24,26,28,36H,3-4,14,17H2,1-2H3,(H,34,37)/t24?,26?,28-/m1/s1. The van der Waals surface area contributed by atoms with Crippen molar-refractivity contribution in [2.24, 2.45) is 10.9 Å². The second kappa shape index (κ2) is 12.1. The molecule has 2 N–H and O–H groups in total. The number of rotatable bonds is 9. The summed E-state index contributed by atoms with van der Waals surface area (Å²) >= 11 is 0. The van der Waals surface area contributed by atoms with E-state index in [0.717, 1.165) is 35.7 Å². The summed E-state index contributed by atoms with van der Waals surface area (Å²) in [6, 6.07) is 19.7. The van der Waals surface area contributed by atoms with Gasteiger partial charge in [0.15, 0.2) is 0 Å². The number of carbonyl (C=O) groups is 2. The second-order valence-corrected chi connectivity index (χ2v) is 9.47. The summed E-state index contributed by atoms with van der Waals surface area (Å²) in [6.07, 6.45) is -0.643. The summed E-state index contributed by atoms with van der Waals surface area (Å²) in [5, 5.41) is 13.6. The third-order valence-electron chi connectivity index (χ3n) is 6.70. The first kappa shape index (κ1) is 27.1. The largest absolute Gasteiger partial charge is 0.392 e. The van der Waals surface area contributed by atoms with Gasteiger partial charge in [-0.25, -0.2) is 13.8 Å². The minimum atomic E-state index is -1.26. The van der Waals surface area contributed by atoms with Gasteiger partial charge in [0.1, 0.15) is 11.6 Å². The minimum Gasteiger partial charge on any atom is -0.392 e. The van der Waals surface area contributed by atoms with Crippen LogP contribution >= 0.6 is 0 Å². The molecule has 0 bridgehead atoms. The number of aliphatic hydroxyl groups excluding tert-OH is 1. The molecule has 0 aromatic heterocycles. The van der Waals surface area contributed by atoms with Crippen molar-refractivity contribution in [3.63, 3.8) is 0 Å². The summed E-state index contributed by atoms with van der Waals surface area (Å²) in [7, 11) is 1.62. The quantitative estimate of drug-likeness (QED) is 0.433. The first-order valence-corrected chi connectivity index (χ1v) is 12.7. The van der Waals surface area contributed by atoms with Gasteiger partial charge in [-0.3, -0.25) is 9.59 Å². The maximum Gasteiger partial charge on any atom is 0.272 e. The number of anilines is 1. The molecule has 3 atom stereocenters. The van der Waals surface area contributed by atoms with Crippen LogP contribution in [0.25, 0.3) is 0 Å². The van der Waals surface area contributed by atoms with Crippen LogP contribution in [0.3, 0.4) is 0 Å². The normalized spacial score (nSPS) is 16.8. The molecule has 4 rings (SSSR count). The van der Waals surface area contributed by atoms with E-state index in [-0.39, 0.29) is 12.0 Å². The number of halogens is 2. The summed E-state index contributed by atoms with van der Waals surface area (Å²) in [5.74, 6) is -3.64. The molecule has 0 spiro atoms. The Labute approximate surface area is 221 Å². The highest BCUT2D eigenvalue weighted by Crippen LogP contribution is 2.27. The lowest BCUT2D eigenvalue weighted by atomic mass is 9.90. The number of nitrogens with one attached hydrogen (secondary N) is 1. The molecule has 1 aliphatic heterocycles. The molecule has 2 unspecified atom stereocenters. The predicted octanol–water partition coefficient (Wildman–Crippen LogP) is 4.63. The zero-order valence-electron chi connectivity index (χ0n) is 21.4. The van der Waals surface area contributed by atoms with Gasteiger partial charge in [-0.1, -0.05) is 68.3 Å². The molecule has 1 aliphatic rings. The highest BCUT2D eigenvalue weighted by molar-refractivity contribution is 6.20. The first-order valence-electron chi connectivity index (χ1n) is 12.7. The van der Waals surface area contributed by atoms with Crippen LogP contribution in [-0.4, -0.2) is 41.9 Å². The Morgan fingerprint density at radius 3 is 2.39 bits per heavy atom. The number of carbonyl (C=O) groups excluding carboxylic acids is 2. The van der Waals surface area contributed by atoms with E-state index in [9.17, 15) is 23.5 Å². The van der Waals surface area contributed by atoms with Gasteiger partial charge in [0.25, 0.3) is 5.91 Å². The van der Waals surface area contributed by atoms with Crippen molar-refractivity contribution in [3.05, 3.63) is 101 Å². The minimum absolute atomic E-state index is 0.0996. The van der Waals surface area contributed by atoms with Crippen molar-refractivity contribution in [2.45, 2.75) is 44.9 Å². The summed E-state index contributed by atoms with van der Waals surface area (Å²) in [6.45, 7) is 1.96. The van der Waals surface area contributed by atoms with Gasteiger partial charge in [0.2, 0.25) is 12.1 Å². The number of fused-ring (bicyclic) bond motifs is 1. The number of unbranched alkanes of at least 4 members (excludes halogenated alkanes) is 1. The molecule has 3 aromatic carbocycles. The smallest absolute Gasteiger partial charge is 0.272 e. The number of hydrogen-bond acceptors (Lipinski definition) is 4. The van der Waals surface area contributed by atoms with Gasteiger partial charge in [0.05, 0.1) is 23.4 Å². The van der Waals surface area contributed by atoms with E-state index in [1.165, 1.54) is 4.90 Å². The highest BCUT2D eigenvalue weighted by atomic mass is 19.1. The maximum absolute atomic E-state index is 13.9. The average Bonchev–Trinajstić information content (AvgIpc) is 3.01. The number of amides is 2. The van der Waals surface area contributed by atoms with Crippen molar-refractivity contribution in [1.29, 1.82) is 0 Å². The van der Waals surface area contributed by atoms with E-state index in [2.05, 4.69) is 10.3 Å². The van der Waals surface area contributed by atoms with Gasteiger partial charge in [-0.15, -0.1) is 0 Å². The van der Waals surface area contributed by atoms with E-state index >= 15 is 0 Å². The summed E-state index contributed by atoms with van der Waals surface area (Å²) < 4.78 is 27.7. The lowest BCUT2D eigenvalue weighted by Gasteiger charge is -2.25. The number of benzodiazepines with no additional fused rings is 1. The van der Waals surface area contributed by atoms with Crippen LogP contribution in [0.15, 0.2) is 77.8 Å². The SMILES string of the molecule is CCCCC(O)C(Cc1cc(F)cc(F)c1)C(=O)N[C@H]1N=C(c2ccccc2)c2ccccc2N(C)C1=O. The van der Waals surface area contributed by atoms with E-state index in [1.807, 2.05) is 61.5 Å². The maximum atomic E-state index is 13.9. The number of aliphatic hydroxyl groups is 1. The van der Waals surface area contributed by atoms with Crippen molar-refractivity contribution in [2.75, 3.05) is 11.9 Å². The zero-order chi connectivity index (χ0) is 27.2. The molecule has 38 heavy (non-hydrogen) atoms. The Balaban J connectivity index is 1.69. The van der Waals surface area contributed by atoms with Gasteiger partial charge in [0, 0.05) is 24.2 Å². The molecule has 0 saturated carbocycles. The molecule has 0 fully saturated rings. The number of likely N-dealkylation sites (N-methyl/N-ethyl adjacent to an activating group) is 1. The fourth-order valence-corrected chi connectivity index (χ4v) is 4.68. The molecule has 8 heteroatoms. The van der Waals surface area contributed by atoms with Crippen LogP contribution in [-0.2, 0) is 16.0 Å². The van der Waals surface area contributed by atoms with Crippen LogP contribution in [0.1, 0.15) is 42.9 Å². The second-order valence-electron chi connectivity index (χ2n) is 9.47. The van der Waals surface area contributed by atoms with Gasteiger partial charge >= 0.3 is 0 Å². The number of para-hydroxylation sites is 1. The molecular weight excluding hydrogens is 488 g/mol. The molecule has 0 saturated heterocycles. The van der Waals surface area contributed by atoms with Crippen molar-refractivity contribution in [3.8, 4) is 0 Å². The zero-order valence-corrected chi connectivity index (χ0v) is 21.4. The highest BCUT2D eigenvalue weighted by Gasteiger charge is 2.34. The van der Waals surface area contributed by atoms with Crippen molar-refractivity contribution >= 4 is 23.2 Å². The van der Waals surface area contributed by atoms with Crippen LogP contribution in [0.5, 0.6) is 0 Å². The molecular formula is C30H31F2N3O3. The Hall–Kier alpha value is -3.91. The van der Waals surface area contributed by atoms with Crippen molar-refractivity contribution in [1.82, 2.24) is 5.32 Å². The number of aliphatic imine (C=N–C) groups is 1. The topological polar surface area (TPSA) is 82.0 Å². The Bertz CT molecular complexity index is 1310. The Morgan fingerprint density at radius 1 is 1.05 bits per heavy atom. The van der Waals surface area contributed by atoms with Crippen LogP contribution < -0.4 is 10.2 Å². The molecule has 1 heterocycles. The number of nitrogens with zero attached hydrogens (tertiary/aromatic N) is 2. The predicted molar refractivity (Wildman–Crippen MR) is 143 cm³/mol.